The highest BCUT2D eigenvalue weighted by molar-refractivity contribution is 5.78. The summed E-state index contributed by atoms with van der Waals surface area (Å²) in [6.07, 6.45) is -6.57. The molecular weight excluding hydrogens is 205 g/mol. The lowest BCUT2D eigenvalue weighted by Crippen LogP contribution is -2.21. The molecule has 0 heterocycles. The first-order chi connectivity index (χ1) is 6.22. The summed E-state index contributed by atoms with van der Waals surface area (Å²) in [6, 6.07) is 0. The Hall–Kier alpha value is -1.08. The van der Waals surface area contributed by atoms with Crippen LogP contribution in [0, 0.1) is 0 Å². The Morgan fingerprint density at radius 2 is 1.86 bits per heavy atom. The molecule has 0 saturated heterocycles. The summed E-state index contributed by atoms with van der Waals surface area (Å²) >= 11 is 0. The van der Waals surface area contributed by atoms with Gasteiger partial charge >= 0.3 is 12.1 Å². The average Bonchev–Trinajstić information content (AvgIpc) is 2.02. The summed E-state index contributed by atoms with van der Waals surface area (Å²) < 4.78 is 33.7. The predicted molar refractivity (Wildman–Crippen MR) is 41.6 cm³/mol. The van der Waals surface area contributed by atoms with Gasteiger partial charge in [0, 0.05) is 6.08 Å². The highest BCUT2D eigenvalue weighted by atomic mass is 19.4. The van der Waals surface area contributed by atoms with Gasteiger partial charge in [0.25, 0.3) is 0 Å². The maximum Gasteiger partial charge on any atom is 0.391 e. The molecule has 0 rings (SSSR count). The van der Waals surface area contributed by atoms with Crippen LogP contribution in [0.4, 0.5) is 13.2 Å². The van der Waals surface area contributed by atoms with E-state index in [4.69, 9.17) is 15.3 Å². The summed E-state index contributed by atoms with van der Waals surface area (Å²) in [5.41, 5.74) is 0. The van der Waals surface area contributed by atoms with Crippen molar-refractivity contribution in [3.63, 3.8) is 0 Å². The lowest BCUT2D eigenvalue weighted by atomic mass is 10.3. The highest BCUT2D eigenvalue weighted by Crippen LogP contribution is 2.20. The van der Waals surface area contributed by atoms with Crippen molar-refractivity contribution in [2.75, 3.05) is 6.61 Å². The van der Waals surface area contributed by atoms with Gasteiger partial charge in [-0.1, -0.05) is 6.58 Å². The molecule has 0 bridgehead atoms. The van der Waals surface area contributed by atoms with Gasteiger partial charge in [-0.05, 0) is 0 Å². The molecule has 0 aromatic heterocycles. The largest absolute Gasteiger partial charge is 0.478 e. The summed E-state index contributed by atoms with van der Waals surface area (Å²) in [6.45, 7) is 2.11. The van der Waals surface area contributed by atoms with E-state index in [1.807, 2.05) is 0 Å². The minimum absolute atomic E-state index is 0.833. The fourth-order valence-corrected chi connectivity index (χ4v) is 0.332. The number of carboxylic acid groups (broad SMARTS) is 1. The van der Waals surface area contributed by atoms with Crippen LogP contribution in [0.1, 0.15) is 6.42 Å². The molecule has 0 aliphatic rings. The number of aliphatic carboxylic acids is 1. The minimum Gasteiger partial charge on any atom is -0.478 e. The van der Waals surface area contributed by atoms with Gasteiger partial charge in [0.1, 0.15) is 0 Å². The van der Waals surface area contributed by atoms with Crippen LogP contribution in [0.2, 0.25) is 0 Å². The number of aliphatic hydroxyl groups excluding tert-OH is 2. The standard InChI is InChI=1S/C4H7F3O2.C3H4O2/c5-4(6,7)1-3(9)2-8;1-2-3(4)5/h3,8-9H,1-2H2;2H,1H2,(H,4,5). The average molecular weight is 216 g/mol. The Labute approximate surface area is 78.3 Å². The van der Waals surface area contributed by atoms with E-state index in [0.29, 0.717) is 0 Å². The molecule has 14 heavy (non-hydrogen) atoms. The summed E-state index contributed by atoms with van der Waals surface area (Å²) in [5.74, 6) is -0.981. The van der Waals surface area contributed by atoms with Crippen LogP contribution >= 0.6 is 0 Å². The monoisotopic (exact) mass is 216 g/mol. The van der Waals surface area contributed by atoms with Gasteiger partial charge in [0.15, 0.2) is 0 Å². The lowest BCUT2D eigenvalue weighted by molar-refractivity contribution is -0.157. The van der Waals surface area contributed by atoms with Crippen LogP contribution in [0.25, 0.3) is 0 Å². The van der Waals surface area contributed by atoms with Crippen molar-refractivity contribution >= 4 is 5.97 Å². The quantitative estimate of drug-likeness (QED) is 0.602. The highest BCUT2D eigenvalue weighted by Gasteiger charge is 2.30. The molecule has 0 aliphatic carbocycles. The molecule has 3 N–H and O–H groups in total. The molecule has 7 heteroatoms. The second kappa shape index (κ2) is 7.34. The Morgan fingerprint density at radius 1 is 1.50 bits per heavy atom. The third kappa shape index (κ3) is 17.1. The van der Waals surface area contributed by atoms with E-state index in [9.17, 15) is 18.0 Å². The zero-order valence-electron chi connectivity index (χ0n) is 7.16. The molecule has 0 aromatic carbocycles. The second-order valence-electron chi connectivity index (χ2n) is 2.20. The summed E-state index contributed by atoms with van der Waals surface area (Å²) in [7, 11) is 0. The van der Waals surface area contributed by atoms with E-state index in [1.54, 1.807) is 0 Å². The van der Waals surface area contributed by atoms with Gasteiger partial charge in [0.05, 0.1) is 19.1 Å². The summed E-state index contributed by atoms with van der Waals surface area (Å²) in [5, 5.41) is 23.8. The maximum atomic E-state index is 11.2. The van der Waals surface area contributed by atoms with Crippen LogP contribution in [-0.2, 0) is 4.79 Å². The van der Waals surface area contributed by atoms with Crippen molar-refractivity contribution in [2.45, 2.75) is 18.7 Å². The molecule has 1 atom stereocenters. The zero-order valence-corrected chi connectivity index (χ0v) is 7.16. The molecule has 0 saturated carbocycles. The van der Waals surface area contributed by atoms with E-state index in [-0.39, 0.29) is 0 Å². The molecule has 0 radical (unpaired) electrons. The fraction of sp³-hybridized carbons (Fsp3) is 0.571. The van der Waals surface area contributed by atoms with Gasteiger partial charge in [-0.2, -0.15) is 13.2 Å². The van der Waals surface area contributed by atoms with Crippen LogP contribution < -0.4 is 0 Å². The van der Waals surface area contributed by atoms with Gasteiger partial charge in [-0.25, -0.2) is 4.79 Å². The number of carbonyl (C=O) groups is 1. The smallest absolute Gasteiger partial charge is 0.391 e. The van der Waals surface area contributed by atoms with E-state index in [0.717, 1.165) is 6.08 Å². The lowest BCUT2D eigenvalue weighted by Gasteiger charge is -2.08. The molecular formula is C7H11F3O4. The number of hydrogen-bond donors (Lipinski definition) is 3. The van der Waals surface area contributed by atoms with Crippen molar-refractivity contribution < 1.29 is 33.3 Å². The Bertz CT molecular complexity index is 178. The van der Waals surface area contributed by atoms with Crippen molar-refractivity contribution in [1.29, 1.82) is 0 Å². The van der Waals surface area contributed by atoms with Crippen molar-refractivity contribution in [3.8, 4) is 0 Å². The first-order valence-electron chi connectivity index (χ1n) is 3.44. The van der Waals surface area contributed by atoms with Crippen LogP contribution in [0.5, 0.6) is 0 Å². The Balaban J connectivity index is 0. The molecule has 0 aliphatic heterocycles. The molecule has 0 fully saturated rings. The van der Waals surface area contributed by atoms with Crippen LogP contribution in [0.15, 0.2) is 12.7 Å². The number of hydrogen-bond acceptors (Lipinski definition) is 3. The van der Waals surface area contributed by atoms with E-state index in [1.165, 1.54) is 0 Å². The molecule has 0 aromatic rings. The van der Waals surface area contributed by atoms with Gasteiger partial charge in [-0.3, -0.25) is 0 Å². The zero-order chi connectivity index (χ0) is 11.8. The fourth-order valence-electron chi connectivity index (χ4n) is 0.332. The number of halogens is 3. The SMILES string of the molecule is C=CC(=O)O.OCC(O)CC(F)(F)F. The maximum absolute atomic E-state index is 11.2. The van der Waals surface area contributed by atoms with Gasteiger partial charge in [-0.15, -0.1) is 0 Å². The minimum atomic E-state index is -4.39. The number of rotatable bonds is 3. The molecule has 84 valence electrons. The molecule has 4 nitrogen and oxygen atoms in total. The van der Waals surface area contributed by atoms with Crippen molar-refractivity contribution in [1.82, 2.24) is 0 Å². The van der Waals surface area contributed by atoms with Gasteiger partial charge < -0.3 is 15.3 Å². The second-order valence-corrected chi connectivity index (χ2v) is 2.20. The van der Waals surface area contributed by atoms with E-state index in [2.05, 4.69) is 6.58 Å². The van der Waals surface area contributed by atoms with Crippen molar-refractivity contribution in [2.24, 2.45) is 0 Å². The van der Waals surface area contributed by atoms with Gasteiger partial charge in [0.2, 0.25) is 0 Å². The normalized spacial score (nSPS) is 12.4. The summed E-state index contributed by atoms with van der Waals surface area (Å²) in [4.78, 5) is 9.25. The van der Waals surface area contributed by atoms with Crippen LogP contribution in [0.3, 0.4) is 0 Å². The number of alkyl halides is 3. The third-order valence-corrected chi connectivity index (χ3v) is 0.852. The predicted octanol–water partition coefficient (Wildman–Crippen LogP) is 0.549. The van der Waals surface area contributed by atoms with Crippen LogP contribution in [-0.4, -0.2) is 40.2 Å². The first kappa shape index (κ1) is 15.4. The van der Waals surface area contributed by atoms with Crippen molar-refractivity contribution in [3.05, 3.63) is 12.7 Å². The first-order valence-corrected chi connectivity index (χ1v) is 3.44. The van der Waals surface area contributed by atoms with E-state index >= 15 is 0 Å². The number of carboxylic acids is 1. The van der Waals surface area contributed by atoms with E-state index < -0.39 is 31.3 Å². The Kier molecular flexibility index (Phi) is 8.07. The molecule has 0 amide bonds. The molecule has 0 spiro atoms. The number of aliphatic hydroxyl groups is 2. The molecule has 1 unspecified atom stereocenters. The third-order valence-electron chi connectivity index (χ3n) is 0.852. The topological polar surface area (TPSA) is 77.8 Å². The Morgan fingerprint density at radius 3 is 1.93 bits per heavy atom.